The molecular weight excluding hydrogens is 122 g/mol. The van der Waals surface area contributed by atoms with E-state index in [0.29, 0.717) is 0 Å². The minimum absolute atomic E-state index is 0.969. The lowest BCUT2D eigenvalue weighted by molar-refractivity contribution is 1.05. The molecule has 10 heavy (non-hydrogen) atoms. The number of H-pyrrole nitrogens is 1. The second-order valence-corrected chi connectivity index (χ2v) is 2.17. The summed E-state index contributed by atoms with van der Waals surface area (Å²) in [4.78, 5) is 3.09. The molecule has 1 rings (SSSR count). The molecule has 0 aliphatic rings. The Morgan fingerprint density at radius 2 is 2.50 bits per heavy atom. The predicted octanol–water partition coefficient (Wildman–Crippen LogP) is 2.64. The highest BCUT2D eigenvalue weighted by Crippen LogP contribution is 1.99. The molecule has 0 aliphatic carbocycles. The zero-order valence-electron chi connectivity index (χ0n) is 6.01. The smallest absolute Gasteiger partial charge is 0.0377 e. The van der Waals surface area contributed by atoms with Gasteiger partial charge in [-0.15, -0.1) is 0 Å². The average Bonchev–Trinajstić information content (AvgIpc) is 2.41. The molecule has 0 saturated carbocycles. The van der Waals surface area contributed by atoms with Crippen LogP contribution in [-0.4, -0.2) is 4.98 Å². The van der Waals surface area contributed by atoms with Crippen LogP contribution in [0.15, 0.2) is 24.4 Å². The van der Waals surface area contributed by atoms with Crippen molar-refractivity contribution in [2.75, 3.05) is 0 Å². The molecule has 1 aromatic heterocycles. The number of rotatable bonds is 3. The van der Waals surface area contributed by atoms with Crippen molar-refractivity contribution in [2.45, 2.75) is 12.8 Å². The minimum Gasteiger partial charge on any atom is -0.362 e. The second kappa shape index (κ2) is 3.94. The monoisotopic (exact) mass is 134 g/mol. The van der Waals surface area contributed by atoms with Gasteiger partial charge in [0.05, 0.1) is 0 Å². The molecule has 0 amide bonds. The van der Waals surface area contributed by atoms with Gasteiger partial charge in [-0.2, -0.15) is 0 Å². The lowest BCUT2D eigenvalue weighted by atomic mass is 10.3. The number of hydrogen-bond donors (Lipinski definition) is 1. The summed E-state index contributed by atoms with van der Waals surface area (Å²) in [6.07, 6.45) is 8.14. The third kappa shape index (κ3) is 2.09. The van der Waals surface area contributed by atoms with Crippen LogP contribution in [0.1, 0.15) is 18.5 Å². The minimum atomic E-state index is 0.969. The third-order valence-corrected chi connectivity index (χ3v) is 1.29. The fraction of sp³-hybridized carbons (Fsp3) is 0.222. The molecule has 0 unspecified atom stereocenters. The summed E-state index contributed by atoms with van der Waals surface area (Å²) < 4.78 is 0. The standard InChI is InChI=1S/C9H12N/c1-2-3-4-6-9-7-5-8-10-9/h4-8,10H,1-3H2/b6-4+. The van der Waals surface area contributed by atoms with Crippen LogP contribution in [0.3, 0.4) is 0 Å². The molecular formula is C9H12N. The molecule has 0 fully saturated rings. The predicted molar refractivity (Wildman–Crippen MR) is 44.4 cm³/mol. The summed E-state index contributed by atoms with van der Waals surface area (Å²) in [7, 11) is 0. The maximum atomic E-state index is 3.74. The van der Waals surface area contributed by atoms with Crippen LogP contribution in [0.2, 0.25) is 0 Å². The van der Waals surface area contributed by atoms with Gasteiger partial charge in [0.25, 0.3) is 0 Å². The van der Waals surface area contributed by atoms with E-state index in [-0.39, 0.29) is 0 Å². The highest BCUT2D eigenvalue weighted by atomic mass is 14.7. The summed E-state index contributed by atoms with van der Waals surface area (Å²) in [6, 6.07) is 4.03. The van der Waals surface area contributed by atoms with Crippen LogP contribution < -0.4 is 0 Å². The van der Waals surface area contributed by atoms with Gasteiger partial charge in [0.1, 0.15) is 0 Å². The molecule has 53 valence electrons. The van der Waals surface area contributed by atoms with Crippen LogP contribution in [0.5, 0.6) is 0 Å². The highest BCUT2D eigenvalue weighted by Gasteiger charge is 1.81. The van der Waals surface area contributed by atoms with Crippen LogP contribution in [-0.2, 0) is 0 Å². The van der Waals surface area contributed by atoms with E-state index in [4.69, 9.17) is 0 Å². The van der Waals surface area contributed by atoms with Gasteiger partial charge in [0.15, 0.2) is 0 Å². The number of aromatic amines is 1. The summed E-state index contributed by atoms with van der Waals surface area (Å²) in [5.74, 6) is 0. The summed E-state index contributed by atoms with van der Waals surface area (Å²) in [5.41, 5.74) is 1.16. The first-order valence-corrected chi connectivity index (χ1v) is 3.52. The summed E-state index contributed by atoms with van der Waals surface area (Å²) in [6.45, 7) is 3.74. The van der Waals surface area contributed by atoms with Gasteiger partial charge in [-0.1, -0.05) is 13.0 Å². The van der Waals surface area contributed by atoms with Gasteiger partial charge in [-0.25, -0.2) is 0 Å². The van der Waals surface area contributed by atoms with Crippen LogP contribution in [0, 0.1) is 6.92 Å². The number of aromatic nitrogens is 1. The Balaban J connectivity index is 2.40. The lowest BCUT2D eigenvalue weighted by Crippen LogP contribution is -1.67. The van der Waals surface area contributed by atoms with Gasteiger partial charge in [-0.05, 0) is 31.1 Å². The van der Waals surface area contributed by atoms with E-state index in [1.807, 2.05) is 18.3 Å². The first-order valence-electron chi connectivity index (χ1n) is 3.52. The Kier molecular flexibility index (Phi) is 2.81. The van der Waals surface area contributed by atoms with E-state index in [0.717, 1.165) is 18.5 Å². The van der Waals surface area contributed by atoms with Gasteiger partial charge >= 0.3 is 0 Å². The molecule has 1 radical (unpaired) electrons. The zero-order valence-corrected chi connectivity index (χ0v) is 6.01. The first-order chi connectivity index (χ1) is 4.93. The SMILES string of the molecule is [CH2]CC/C=C/c1ccc[nH]1. The van der Waals surface area contributed by atoms with E-state index in [2.05, 4.69) is 24.1 Å². The Morgan fingerprint density at radius 1 is 1.60 bits per heavy atom. The number of unbranched alkanes of at least 4 members (excludes halogenated alkanes) is 1. The Bertz CT molecular complexity index is 185. The van der Waals surface area contributed by atoms with Crippen LogP contribution in [0.25, 0.3) is 6.08 Å². The molecule has 0 saturated heterocycles. The fourth-order valence-electron chi connectivity index (χ4n) is 0.776. The quantitative estimate of drug-likeness (QED) is 0.654. The largest absolute Gasteiger partial charge is 0.362 e. The van der Waals surface area contributed by atoms with E-state index < -0.39 is 0 Å². The summed E-state index contributed by atoms with van der Waals surface area (Å²) in [5, 5.41) is 0. The maximum Gasteiger partial charge on any atom is 0.0377 e. The molecule has 0 atom stereocenters. The van der Waals surface area contributed by atoms with Crippen molar-refractivity contribution in [3.8, 4) is 0 Å². The molecule has 1 heterocycles. The van der Waals surface area contributed by atoms with E-state index >= 15 is 0 Å². The fourth-order valence-corrected chi connectivity index (χ4v) is 0.776. The van der Waals surface area contributed by atoms with Crippen molar-refractivity contribution in [1.82, 2.24) is 4.98 Å². The number of nitrogens with one attached hydrogen (secondary N) is 1. The topological polar surface area (TPSA) is 15.8 Å². The second-order valence-electron chi connectivity index (χ2n) is 2.17. The van der Waals surface area contributed by atoms with Crippen molar-refractivity contribution in [1.29, 1.82) is 0 Å². The maximum absolute atomic E-state index is 3.74. The van der Waals surface area contributed by atoms with Crippen molar-refractivity contribution in [3.63, 3.8) is 0 Å². The number of hydrogen-bond acceptors (Lipinski definition) is 0. The molecule has 1 N–H and O–H groups in total. The molecule has 1 aromatic rings. The van der Waals surface area contributed by atoms with Crippen molar-refractivity contribution >= 4 is 6.08 Å². The molecule has 1 heteroatoms. The first kappa shape index (κ1) is 7.13. The van der Waals surface area contributed by atoms with E-state index in [1.165, 1.54) is 0 Å². The Morgan fingerprint density at radius 3 is 3.10 bits per heavy atom. The van der Waals surface area contributed by atoms with Gasteiger partial charge in [0.2, 0.25) is 0 Å². The van der Waals surface area contributed by atoms with E-state index in [9.17, 15) is 0 Å². The molecule has 1 nitrogen and oxygen atoms in total. The highest BCUT2D eigenvalue weighted by molar-refractivity contribution is 5.43. The normalized spacial score (nSPS) is 10.9. The molecule has 0 aliphatic heterocycles. The van der Waals surface area contributed by atoms with E-state index in [1.54, 1.807) is 0 Å². The zero-order chi connectivity index (χ0) is 7.23. The van der Waals surface area contributed by atoms with Gasteiger partial charge in [-0.3, -0.25) is 0 Å². The van der Waals surface area contributed by atoms with Gasteiger partial charge < -0.3 is 4.98 Å². The molecule has 0 spiro atoms. The molecule has 0 aromatic carbocycles. The Labute approximate surface area is 61.8 Å². The van der Waals surface area contributed by atoms with Crippen LogP contribution in [0.4, 0.5) is 0 Å². The van der Waals surface area contributed by atoms with Gasteiger partial charge in [0, 0.05) is 11.9 Å². The van der Waals surface area contributed by atoms with Crippen molar-refractivity contribution < 1.29 is 0 Å². The third-order valence-electron chi connectivity index (χ3n) is 1.29. The van der Waals surface area contributed by atoms with Crippen molar-refractivity contribution in [2.24, 2.45) is 0 Å². The average molecular weight is 134 g/mol. The lowest BCUT2D eigenvalue weighted by Gasteiger charge is -1.84. The molecule has 0 bridgehead atoms. The number of allylic oxidation sites excluding steroid dienone is 1. The van der Waals surface area contributed by atoms with Crippen molar-refractivity contribution in [3.05, 3.63) is 37.0 Å². The summed E-state index contributed by atoms with van der Waals surface area (Å²) >= 11 is 0. The van der Waals surface area contributed by atoms with Crippen LogP contribution >= 0.6 is 0 Å². The Hall–Kier alpha value is -0.980.